The molecule has 0 radical (unpaired) electrons. The van der Waals surface area contributed by atoms with E-state index in [9.17, 15) is 0 Å². The Labute approximate surface area is 111 Å². The van der Waals surface area contributed by atoms with E-state index in [1.807, 2.05) is 12.1 Å². The zero-order valence-electron chi connectivity index (χ0n) is 10.6. The maximum absolute atomic E-state index is 5.81. The Morgan fingerprint density at radius 3 is 2.65 bits per heavy atom. The molecule has 1 aliphatic rings. The fourth-order valence-corrected chi connectivity index (χ4v) is 4.30. The average Bonchev–Trinajstić information content (AvgIpc) is 2.66. The first-order valence-electron chi connectivity index (χ1n) is 5.47. The number of benzene rings is 1. The van der Waals surface area contributed by atoms with Crippen molar-refractivity contribution in [1.29, 1.82) is 0 Å². The fraction of sp³-hybridized carbons (Fsp3) is 0.500. The molecule has 1 unspecified atom stereocenters. The van der Waals surface area contributed by atoms with Gasteiger partial charge in [-0.2, -0.15) is 0 Å². The summed E-state index contributed by atoms with van der Waals surface area (Å²) in [5.74, 6) is 0.918. The molecule has 94 valence electrons. The van der Waals surface area contributed by atoms with Gasteiger partial charge in [0.1, 0.15) is 10.5 Å². The second kappa shape index (κ2) is 4.63. The summed E-state index contributed by atoms with van der Waals surface area (Å²) in [5.41, 5.74) is 1.18. The number of fused-ring (bicyclic) bond motifs is 1. The van der Waals surface area contributed by atoms with Crippen LogP contribution in [0, 0.1) is 0 Å². The van der Waals surface area contributed by atoms with Crippen LogP contribution in [-0.4, -0.2) is 17.4 Å². The Balaban J connectivity index is 2.53. The van der Waals surface area contributed by atoms with Gasteiger partial charge in [0, 0.05) is 10.4 Å². The molecule has 0 bridgehead atoms. The van der Waals surface area contributed by atoms with Crippen LogP contribution < -0.4 is 14.8 Å². The lowest BCUT2D eigenvalue weighted by molar-refractivity contribution is 0.408. The van der Waals surface area contributed by atoms with E-state index in [2.05, 4.69) is 31.7 Å². The van der Waals surface area contributed by atoms with Crippen molar-refractivity contribution < 1.29 is 4.74 Å². The van der Waals surface area contributed by atoms with Crippen LogP contribution in [0.3, 0.4) is 0 Å². The lowest BCUT2D eigenvalue weighted by Gasteiger charge is -2.38. The molecule has 1 heterocycles. The minimum Gasteiger partial charge on any atom is -0.495 e. The molecule has 0 saturated carbocycles. The van der Waals surface area contributed by atoms with E-state index in [4.69, 9.17) is 9.88 Å². The summed E-state index contributed by atoms with van der Waals surface area (Å²) in [7, 11) is 1.71. The third-order valence-electron chi connectivity index (χ3n) is 2.70. The van der Waals surface area contributed by atoms with Crippen LogP contribution in [0.5, 0.6) is 5.75 Å². The van der Waals surface area contributed by atoms with Gasteiger partial charge in [0.05, 0.1) is 12.8 Å². The highest BCUT2D eigenvalue weighted by molar-refractivity contribution is 8.16. The number of nitrogens with two attached hydrogens (primary N) is 1. The Kier molecular flexibility index (Phi) is 3.52. The SMILES string of the molecule is COc1cccc2c1N(C(C)(C)C)C(SN)S2. The topological polar surface area (TPSA) is 38.5 Å². The fourth-order valence-electron chi connectivity index (χ4n) is 2.01. The summed E-state index contributed by atoms with van der Waals surface area (Å²) < 4.78 is 5.68. The lowest BCUT2D eigenvalue weighted by atomic mass is 10.1. The number of thioether (sulfide) groups is 1. The number of anilines is 1. The van der Waals surface area contributed by atoms with Crippen LogP contribution in [0.15, 0.2) is 23.1 Å². The van der Waals surface area contributed by atoms with E-state index in [1.54, 1.807) is 18.9 Å². The average molecular weight is 270 g/mol. The molecule has 0 aromatic heterocycles. The standard InChI is InChI=1S/C12H18N2OS2/c1-12(2,3)14-10-8(15-4)6-5-7-9(10)16-11(14)17-13/h5-7,11H,13H2,1-4H3. The summed E-state index contributed by atoms with van der Waals surface area (Å²) in [4.78, 5) is 3.57. The molecule has 17 heavy (non-hydrogen) atoms. The molecule has 1 atom stereocenters. The number of methoxy groups -OCH3 is 1. The second-order valence-corrected chi connectivity index (χ2v) is 7.05. The largest absolute Gasteiger partial charge is 0.495 e. The zero-order valence-corrected chi connectivity index (χ0v) is 12.2. The number of rotatable bonds is 2. The highest BCUT2D eigenvalue weighted by Crippen LogP contribution is 2.53. The molecule has 0 spiro atoms. The van der Waals surface area contributed by atoms with Gasteiger partial charge in [0.25, 0.3) is 0 Å². The number of hydrogen-bond acceptors (Lipinski definition) is 5. The van der Waals surface area contributed by atoms with Crippen molar-refractivity contribution in [2.75, 3.05) is 12.0 Å². The zero-order chi connectivity index (χ0) is 12.6. The summed E-state index contributed by atoms with van der Waals surface area (Å²) >= 11 is 3.16. The van der Waals surface area contributed by atoms with Crippen LogP contribution in [0.2, 0.25) is 0 Å². The molecule has 1 aliphatic heterocycles. The first kappa shape index (κ1) is 12.9. The summed E-state index contributed by atoms with van der Waals surface area (Å²) in [6, 6.07) is 6.15. The molecule has 0 amide bonds. The van der Waals surface area contributed by atoms with Crippen molar-refractivity contribution in [2.24, 2.45) is 5.14 Å². The number of ether oxygens (including phenoxy) is 1. The van der Waals surface area contributed by atoms with Gasteiger partial charge in [-0.05, 0) is 44.9 Å². The highest BCUT2D eigenvalue weighted by Gasteiger charge is 2.39. The summed E-state index contributed by atoms with van der Waals surface area (Å²) in [6.07, 6.45) is 0. The van der Waals surface area contributed by atoms with Crippen LogP contribution in [0.4, 0.5) is 5.69 Å². The van der Waals surface area contributed by atoms with Crippen molar-refractivity contribution in [2.45, 2.75) is 35.9 Å². The van der Waals surface area contributed by atoms with Gasteiger partial charge in [-0.3, -0.25) is 5.14 Å². The lowest BCUT2D eigenvalue weighted by Crippen LogP contribution is -2.44. The van der Waals surface area contributed by atoms with E-state index in [1.165, 1.54) is 16.8 Å². The molecular formula is C12H18N2OS2. The summed E-state index contributed by atoms with van der Waals surface area (Å²) in [5, 5.41) is 5.81. The molecule has 1 aromatic carbocycles. The third-order valence-corrected chi connectivity index (χ3v) is 4.76. The Morgan fingerprint density at radius 2 is 2.12 bits per heavy atom. The van der Waals surface area contributed by atoms with Crippen LogP contribution in [0.1, 0.15) is 20.8 Å². The normalized spacial score (nSPS) is 19.4. The van der Waals surface area contributed by atoms with Crippen molar-refractivity contribution in [3.05, 3.63) is 18.2 Å². The molecule has 2 N–H and O–H groups in total. The Bertz CT molecular complexity index is 417. The maximum atomic E-state index is 5.81. The van der Waals surface area contributed by atoms with E-state index < -0.39 is 0 Å². The van der Waals surface area contributed by atoms with Gasteiger partial charge in [0.2, 0.25) is 0 Å². The first-order chi connectivity index (χ1) is 7.99. The van der Waals surface area contributed by atoms with Gasteiger partial charge in [-0.25, -0.2) is 0 Å². The van der Waals surface area contributed by atoms with Gasteiger partial charge in [-0.1, -0.05) is 17.8 Å². The van der Waals surface area contributed by atoms with E-state index >= 15 is 0 Å². The third kappa shape index (κ3) is 2.23. The van der Waals surface area contributed by atoms with Crippen molar-refractivity contribution >= 4 is 29.4 Å². The predicted molar refractivity (Wildman–Crippen MR) is 76.6 cm³/mol. The molecule has 1 aromatic rings. The summed E-state index contributed by atoms with van der Waals surface area (Å²) in [6.45, 7) is 6.58. The van der Waals surface area contributed by atoms with E-state index in [0.29, 0.717) is 0 Å². The van der Waals surface area contributed by atoms with Crippen LogP contribution in [0.25, 0.3) is 0 Å². The number of nitrogens with zero attached hydrogens (tertiary/aromatic N) is 1. The molecule has 3 nitrogen and oxygen atoms in total. The number of hydrogen-bond donors (Lipinski definition) is 1. The van der Waals surface area contributed by atoms with Gasteiger partial charge < -0.3 is 9.64 Å². The molecule has 0 aliphatic carbocycles. The minimum atomic E-state index is 0.0178. The number of para-hydroxylation sites is 1. The highest BCUT2D eigenvalue weighted by atomic mass is 32.2. The van der Waals surface area contributed by atoms with Gasteiger partial charge in [-0.15, -0.1) is 0 Å². The van der Waals surface area contributed by atoms with Crippen molar-refractivity contribution in [3.63, 3.8) is 0 Å². The molecular weight excluding hydrogens is 252 g/mol. The molecule has 0 saturated heterocycles. The predicted octanol–water partition coefficient (Wildman–Crippen LogP) is 3.30. The van der Waals surface area contributed by atoms with E-state index in [-0.39, 0.29) is 10.2 Å². The van der Waals surface area contributed by atoms with Crippen molar-refractivity contribution in [3.8, 4) is 5.75 Å². The van der Waals surface area contributed by atoms with Gasteiger partial charge in [0.15, 0.2) is 0 Å². The molecule has 2 rings (SSSR count). The quantitative estimate of drug-likeness (QED) is 0.835. The smallest absolute Gasteiger partial charge is 0.143 e. The minimum absolute atomic E-state index is 0.0178. The second-order valence-electron chi connectivity index (χ2n) is 4.91. The monoisotopic (exact) mass is 270 g/mol. The van der Waals surface area contributed by atoms with Gasteiger partial charge >= 0.3 is 0 Å². The van der Waals surface area contributed by atoms with E-state index in [0.717, 1.165) is 11.4 Å². The Morgan fingerprint density at radius 1 is 1.41 bits per heavy atom. The first-order valence-corrected chi connectivity index (χ1v) is 7.30. The maximum Gasteiger partial charge on any atom is 0.143 e. The van der Waals surface area contributed by atoms with Crippen molar-refractivity contribution in [1.82, 2.24) is 0 Å². The van der Waals surface area contributed by atoms with Crippen LogP contribution in [-0.2, 0) is 0 Å². The molecule has 0 fully saturated rings. The Hall–Kier alpha value is -0.520. The molecule has 5 heteroatoms. The van der Waals surface area contributed by atoms with Crippen LogP contribution >= 0.6 is 23.7 Å².